The number of rotatable bonds is 4. The second-order valence-corrected chi connectivity index (χ2v) is 4.48. The lowest BCUT2D eigenvalue weighted by atomic mass is 9.94. The van der Waals surface area contributed by atoms with Gasteiger partial charge in [-0.3, -0.25) is 0 Å². The molecule has 0 spiro atoms. The van der Waals surface area contributed by atoms with Crippen molar-refractivity contribution in [3.8, 4) is 5.75 Å². The molecular formula is C12H19NO2. The van der Waals surface area contributed by atoms with Gasteiger partial charge in [0, 0.05) is 5.54 Å². The number of nitrogens with two attached hydrogens (primary N) is 1. The highest BCUT2D eigenvalue weighted by atomic mass is 16.5. The number of ether oxygens (including phenoxy) is 1. The van der Waals surface area contributed by atoms with Crippen LogP contribution in [0.25, 0.3) is 0 Å². The molecule has 0 radical (unpaired) electrons. The lowest BCUT2D eigenvalue weighted by Crippen LogP contribution is -2.33. The summed E-state index contributed by atoms with van der Waals surface area (Å²) in [6.07, 6.45) is 0.0233. The Kier molecular flexibility index (Phi) is 3.72. The first-order valence-electron chi connectivity index (χ1n) is 5.03. The van der Waals surface area contributed by atoms with E-state index in [1.807, 2.05) is 38.1 Å². The molecule has 3 nitrogen and oxygen atoms in total. The summed E-state index contributed by atoms with van der Waals surface area (Å²) in [6.45, 7) is 3.81. The van der Waals surface area contributed by atoms with Crippen LogP contribution in [0.2, 0.25) is 0 Å². The molecule has 1 unspecified atom stereocenters. The Morgan fingerprint density at radius 1 is 1.33 bits per heavy atom. The van der Waals surface area contributed by atoms with Crippen molar-refractivity contribution in [3.05, 3.63) is 29.8 Å². The summed E-state index contributed by atoms with van der Waals surface area (Å²) in [4.78, 5) is 0. The number of aliphatic hydroxyl groups excluding tert-OH is 1. The quantitative estimate of drug-likeness (QED) is 0.795. The van der Waals surface area contributed by atoms with Gasteiger partial charge in [-0.1, -0.05) is 12.1 Å². The lowest BCUT2D eigenvalue weighted by molar-refractivity contribution is 0.142. The molecule has 1 aromatic carbocycles. The third-order valence-corrected chi connectivity index (χ3v) is 2.22. The van der Waals surface area contributed by atoms with Gasteiger partial charge in [0.25, 0.3) is 0 Å². The molecule has 3 heteroatoms. The van der Waals surface area contributed by atoms with Crippen molar-refractivity contribution in [2.24, 2.45) is 5.73 Å². The monoisotopic (exact) mass is 209 g/mol. The molecule has 0 fully saturated rings. The second kappa shape index (κ2) is 4.64. The molecule has 0 amide bonds. The molecule has 1 atom stereocenters. The van der Waals surface area contributed by atoms with Gasteiger partial charge in [0.1, 0.15) is 5.75 Å². The minimum Gasteiger partial charge on any atom is -0.497 e. The predicted molar refractivity (Wildman–Crippen MR) is 60.8 cm³/mol. The maximum atomic E-state index is 9.90. The summed E-state index contributed by atoms with van der Waals surface area (Å²) in [7, 11) is 1.62. The standard InChI is InChI=1S/C12H19NO2/c1-12(2,13)8-11(14)9-4-6-10(15-3)7-5-9/h4-7,11,14H,8,13H2,1-3H3. The van der Waals surface area contributed by atoms with Crippen molar-refractivity contribution in [2.45, 2.75) is 31.9 Å². The lowest BCUT2D eigenvalue weighted by Gasteiger charge is -2.22. The van der Waals surface area contributed by atoms with Crippen molar-refractivity contribution in [2.75, 3.05) is 7.11 Å². The van der Waals surface area contributed by atoms with Crippen LogP contribution in [0.15, 0.2) is 24.3 Å². The van der Waals surface area contributed by atoms with Gasteiger partial charge in [0.15, 0.2) is 0 Å². The number of hydrogen-bond donors (Lipinski definition) is 2. The first-order chi connectivity index (χ1) is 6.92. The number of methoxy groups -OCH3 is 1. The largest absolute Gasteiger partial charge is 0.497 e. The summed E-state index contributed by atoms with van der Waals surface area (Å²) >= 11 is 0. The Hall–Kier alpha value is -1.06. The van der Waals surface area contributed by atoms with E-state index in [0.29, 0.717) is 6.42 Å². The van der Waals surface area contributed by atoms with Gasteiger partial charge in [0.05, 0.1) is 13.2 Å². The van der Waals surface area contributed by atoms with Gasteiger partial charge in [-0.2, -0.15) is 0 Å². The molecule has 0 heterocycles. The molecule has 0 aromatic heterocycles. The SMILES string of the molecule is COc1ccc(C(O)CC(C)(C)N)cc1. The fourth-order valence-electron chi connectivity index (χ4n) is 1.44. The van der Waals surface area contributed by atoms with E-state index in [1.165, 1.54) is 0 Å². The fourth-order valence-corrected chi connectivity index (χ4v) is 1.44. The summed E-state index contributed by atoms with van der Waals surface area (Å²) < 4.78 is 5.04. The molecule has 3 N–H and O–H groups in total. The van der Waals surface area contributed by atoms with Crippen molar-refractivity contribution >= 4 is 0 Å². The van der Waals surface area contributed by atoms with E-state index < -0.39 is 6.10 Å². The van der Waals surface area contributed by atoms with Gasteiger partial charge >= 0.3 is 0 Å². The molecule has 1 rings (SSSR count). The van der Waals surface area contributed by atoms with Crippen molar-refractivity contribution in [1.82, 2.24) is 0 Å². The zero-order valence-electron chi connectivity index (χ0n) is 9.53. The van der Waals surface area contributed by atoms with E-state index >= 15 is 0 Å². The third kappa shape index (κ3) is 3.90. The van der Waals surface area contributed by atoms with Gasteiger partial charge in [0.2, 0.25) is 0 Å². The molecular weight excluding hydrogens is 190 g/mol. The topological polar surface area (TPSA) is 55.5 Å². The first kappa shape index (κ1) is 12.0. The maximum Gasteiger partial charge on any atom is 0.118 e. The van der Waals surface area contributed by atoms with E-state index in [0.717, 1.165) is 11.3 Å². The number of benzene rings is 1. The van der Waals surface area contributed by atoms with Gasteiger partial charge in [-0.05, 0) is 38.0 Å². The second-order valence-electron chi connectivity index (χ2n) is 4.48. The van der Waals surface area contributed by atoms with Crippen LogP contribution in [0, 0.1) is 0 Å². The van der Waals surface area contributed by atoms with Crippen molar-refractivity contribution < 1.29 is 9.84 Å². The minimum absolute atomic E-state index is 0.362. The number of aliphatic hydroxyl groups is 1. The van der Waals surface area contributed by atoms with Crippen LogP contribution < -0.4 is 10.5 Å². The highest BCUT2D eigenvalue weighted by Gasteiger charge is 2.18. The van der Waals surface area contributed by atoms with Gasteiger partial charge < -0.3 is 15.6 Å². The smallest absolute Gasteiger partial charge is 0.118 e. The molecule has 0 saturated heterocycles. The van der Waals surface area contributed by atoms with E-state index in [4.69, 9.17) is 10.5 Å². The summed E-state index contributed by atoms with van der Waals surface area (Å²) in [5, 5.41) is 9.90. The van der Waals surface area contributed by atoms with E-state index in [9.17, 15) is 5.11 Å². The summed E-state index contributed by atoms with van der Waals surface area (Å²) in [6, 6.07) is 7.38. The zero-order valence-corrected chi connectivity index (χ0v) is 9.53. The normalized spacial score (nSPS) is 13.7. The van der Waals surface area contributed by atoms with E-state index in [-0.39, 0.29) is 5.54 Å². The Balaban J connectivity index is 2.70. The summed E-state index contributed by atoms with van der Waals surface area (Å²) in [5.41, 5.74) is 6.35. The average molecular weight is 209 g/mol. The average Bonchev–Trinajstić information content (AvgIpc) is 2.15. The Labute approximate surface area is 90.9 Å². The Morgan fingerprint density at radius 3 is 2.27 bits per heavy atom. The molecule has 0 aliphatic heterocycles. The van der Waals surface area contributed by atoms with Crippen LogP contribution in [0.1, 0.15) is 31.9 Å². The minimum atomic E-state index is -0.518. The Bertz CT molecular complexity index is 300. The molecule has 84 valence electrons. The Morgan fingerprint density at radius 2 is 1.87 bits per heavy atom. The van der Waals surface area contributed by atoms with Crippen LogP contribution in [-0.2, 0) is 0 Å². The van der Waals surface area contributed by atoms with Crippen LogP contribution >= 0.6 is 0 Å². The molecule has 0 saturated carbocycles. The predicted octanol–water partition coefficient (Wildman–Crippen LogP) is 1.86. The van der Waals surface area contributed by atoms with Crippen LogP contribution in [0.5, 0.6) is 5.75 Å². The summed E-state index contributed by atoms with van der Waals surface area (Å²) in [5.74, 6) is 0.790. The molecule has 15 heavy (non-hydrogen) atoms. The van der Waals surface area contributed by atoms with Crippen LogP contribution in [0.3, 0.4) is 0 Å². The van der Waals surface area contributed by atoms with Crippen LogP contribution in [-0.4, -0.2) is 17.8 Å². The highest BCUT2D eigenvalue weighted by Crippen LogP contribution is 2.23. The third-order valence-electron chi connectivity index (χ3n) is 2.22. The molecule has 0 aliphatic rings. The first-order valence-corrected chi connectivity index (χ1v) is 5.03. The maximum absolute atomic E-state index is 9.90. The molecule has 1 aromatic rings. The zero-order chi connectivity index (χ0) is 11.5. The van der Waals surface area contributed by atoms with E-state index in [2.05, 4.69) is 0 Å². The van der Waals surface area contributed by atoms with E-state index in [1.54, 1.807) is 7.11 Å². The fraction of sp³-hybridized carbons (Fsp3) is 0.500. The van der Waals surface area contributed by atoms with Crippen LogP contribution in [0.4, 0.5) is 0 Å². The van der Waals surface area contributed by atoms with Gasteiger partial charge in [-0.15, -0.1) is 0 Å². The number of hydrogen-bond acceptors (Lipinski definition) is 3. The molecule has 0 aliphatic carbocycles. The van der Waals surface area contributed by atoms with Crippen molar-refractivity contribution in [1.29, 1.82) is 0 Å². The van der Waals surface area contributed by atoms with Crippen molar-refractivity contribution in [3.63, 3.8) is 0 Å². The highest BCUT2D eigenvalue weighted by molar-refractivity contribution is 5.28. The van der Waals surface area contributed by atoms with Gasteiger partial charge in [-0.25, -0.2) is 0 Å². The molecule has 0 bridgehead atoms.